The summed E-state index contributed by atoms with van der Waals surface area (Å²) in [5, 5.41) is 1.44. The van der Waals surface area contributed by atoms with Crippen LogP contribution in [0.5, 0.6) is 5.75 Å². The van der Waals surface area contributed by atoms with Crippen LogP contribution in [-0.4, -0.2) is 43.1 Å². The van der Waals surface area contributed by atoms with Crippen LogP contribution in [0.25, 0.3) is 0 Å². The number of ether oxygens (including phenoxy) is 3. The fourth-order valence-corrected chi connectivity index (χ4v) is 3.77. The molecule has 2 aromatic carbocycles. The fraction of sp³-hybridized carbons (Fsp3) is 0.480. The number of methoxy groups -OCH3 is 1. The molecule has 0 spiro atoms. The molecule has 2 aromatic rings. The molecule has 3 rings (SSSR count). The first-order chi connectivity index (χ1) is 15.9. The second-order valence-electron chi connectivity index (χ2n) is 9.16. The second kappa shape index (κ2) is 10.7. The Bertz CT molecular complexity index is 956. The monoisotopic (exact) mass is 481 g/mol. The van der Waals surface area contributed by atoms with E-state index in [0.717, 1.165) is 11.6 Å². The number of piperidine rings is 1. The minimum Gasteiger partial charge on any atom is -0.497 e. The second-order valence-corrected chi connectivity index (χ2v) is 9.16. The van der Waals surface area contributed by atoms with Gasteiger partial charge in [0.2, 0.25) is 0 Å². The van der Waals surface area contributed by atoms with Gasteiger partial charge in [-0.15, -0.1) is 5.06 Å². The summed E-state index contributed by atoms with van der Waals surface area (Å²) in [6.45, 7) is 5.96. The van der Waals surface area contributed by atoms with Crippen molar-refractivity contribution in [2.45, 2.75) is 57.6 Å². The fourth-order valence-electron chi connectivity index (χ4n) is 3.77. The van der Waals surface area contributed by atoms with Crippen molar-refractivity contribution in [2.75, 3.05) is 20.2 Å². The van der Waals surface area contributed by atoms with Crippen molar-refractivity contribution < 1.29 is 37.0 Å². The van der Waals surface area contributed by atoms with Gasteiger partial charge >= 0.3 is 12.3 Å². The van der Waals surface area contributed by atoms with E-state index in [1.807, 2.05) is 24.3 Å². The number of hydroxylamine groups is 2. The van der Waals surface area contributed by atoms with E-state index in [2.05, 4.69) is 0 Å². The van der Waals surface area contributed by atoms with Crippen LogP contribution < -0.4 is 4.74 Å². The molecule has 0 radical (unpaired) electrons. The molecule has 1 saturated heterocycles. The quantitative estimate of drug-likeness (QED) is 0.475. The average Bonchev–Trinajstić information content (AvgIpc) is 2.76. The number of hydrogen-bond acceptors (Lipinski definition) is 6. The van der Waals surface area contributed by atoms with Crippen LogP contribution >= 0.6 is 0 Å². The topological polar surface area (TPSA) is 57.2 Å². The van der Waals surface area contributed by atoms with E-state index < -0.39 is 29.6 Å². The maximum atomic E-state index is 13.3. The van der Waals surface area contributed by atoms with Crippen LogP contribution in [-0.2, 0) is 27.1 Å². The Hall–Kier alpha value is -2.78. The average molecular weight is 482 g/mol. The Balaban J connectivity index is 1.76. The lowest BCUT2D eigenvalue weighted by molar-refractivity contribution is -0.179. The van der Waals surface area contributed by atoms with Gasteiger partial charge in [-0.25, -0.2) is 4.79 Å². The van der Waals surface area contributed by atoms with E-state index in [9.17, 15) is 18.0 Å². The van der Waals surface area contributed by atoms with Crippen LogP contribution in [0, 0.1) is 0 Å². The van der Waals surface area contributed by atoms with Gasteiger partial charge in [0.15, 0.2) is 0 Å². The van der Waals surface area contributed by atoms with E-state index in [-0.39, 0.29) is 19.1 Å². The van der Waals surface area contributed by atoms with Crippen LogP contribution in [0.3, 0.4) is 0 Å². The van der Waals surface area contributed by atoms with Crippen LogP contribution in [0.15, 0.2) is 48.5 Å². The van der Waals surface area contributed by atoms with Gasteiger partial charge in [-0.3, -0.25) is 0 Å². The van der Waals surface area contributed by atoms with Gasteiger partial charge in [-0.1, -0.05) is 30.3 Å². The molecule has 1 fully saturated rings. The zero-order chi connectivity index (χ0) is 24.9. The van der Waals surface area contributed by atoms with E-state index in [1.54, 1.807) is 33.9 Å². The molecule has 0 aromatic heterocycles. The molecule has 9 heteroatoms. The Morgan fingerprint density at radius 2 is 1.79 bits per heavy atom. The van der Waals surface area contributed by atoms with Crippen molar-refractivity contribution in [1.82, 2.24) is 5.06 Å². The normalized spacial score (nSPS) is 19.5. The predicted molar refractivity (Wildman–Crippen MR) is 119 cm³/mol. The molecule has 0 saturated carbocycles. The third-order valence-electron chi connectivity index (χ3n) is 5.38. The third kappa shape index (κ3) is 7.36. The summed E-state index contributed by atoms with van der Waals surface area (Å²) in [7, 11) is 1.58. The highest BCUT2D eigenvalue weighted by Gasteiger charge is 2.36. The Morgan fingerprint density at radius 3 is 2.41 bits per heavy atom. The molecule has 2 unspecified atom stereocenters. The summed E-state index contributed by atoms with van der Waals surface area (Å²) in [5.74, 6) is 0.402. The Kier molecular flexibility index (Phi) is 8.09. The molecule has 0 amide bonds. The van der Waals surface area contributed by atoms with Gasteiger partial charge in [0.1, 0.15) is 11.4 Å². The smallest absolute Gasteiger partial charge is 0.497 e. The molecule has 0 N–H and O–H groups in total. The number of hydrogen-bond donors (Lipinski definition) is 0. The molecule has 1 aliphatic heterocycles. The molecule has 1 heterocycles. The van der Waals surface area contributed by atoms with Gasteiger partial charge in [-0.2, -0.15) is 13.2 Å². The number of rotatable bonds is 6. The summed E-state index contributed by atoms with van der Waals surface area (Å²) in [6, 6.07) is 12.6. The molecule has 0 aliphatic carbocycles. The molecule has 6 nitrogen and oxygen atoms in total. The lowest BCUT2D eigenvalue weighted by Crippen LogP contribution is -2.45. The van der Waals surface area contributed by atoms with Crippen molar-refractivity contribution in [2.24, 2.45) is 0 Å². The summed E-state index contributed by atoms with van der Waals surface area (Å²) in [5.41, 5.74) is 0.00383. The lowest BCUT2D eigenvalue weighted by atomic mass is 9.86. The van der Waals surface area contributed by atoms with E-state index in [1.165, 1.54) is 17.2 Å². The highest BCUT2D eigenvalue weighted by molar-refractivity contribution is 5.60. The number of carbonyl (C=O) groups excluding carboxylic acids is 1. The van der Waals surface area contributed by atoms with Crippen molar-refractivity contribution in [3.8, 4) is 5.75 Å². The van der Waals surface area contributed by atoms with Crippen molar-refractivity contribution >= 4 is 6.16 Å². The Morgan fingerprint density at radius 1 is 1.09 bits per heavy atom. The summed E-state index contributed by atoms with van der Waals surface area (Å²) in [6.07, 6.45) is -5.34. The van der Waals surface area contributed by atoms with Crippen molar-refractivity contribution in [3.63, 3.8) is 0 Å². The molecule has 34 heavy (non-hydrogen) atoms. The molecule has 0 bridgehead atoms. The zero-order valence-corrected chi connectivity index (χ0v) is 19.7. The van der Waals surface area contributed by atoms with Gasteiger partial charge in [0, 0.05) is 12.5 Å². The number of alkyl halides is 3. The van der Waals surface area contributed by atoms with E-state index in [4.69, 9.17) is 19.0 Å². The van der Waals surface area contributed by atoms with Gasteiger partial charge in [0.25, 0.3) is 0 Å². The van der Waals surface area contributed by atoms with Gasteiger partial charge < -0.3 is 19.0 Å². The Labute approximate surface area is 197 Å². The number of halogens is 3. The first-order valence-electron chi connectivity index (χ1n) is 11.0. The molecule has 186 valence electrons. The van der Waals surface area contributed by atoms with Crippen molar-refractivity contribution in [1.29, 1.82) is 0 Å². The molecular weight excluding hydrogens is 451 g/mol. The van der Waals surface area contributed by atoms with Crippen molar-refractivity contribution in [3.05, 3.63) is 65.2 Å². The maximum Gasteiger partial charge on any atom is 0.528 e. The van der Waals surface area contributed by atoms with E-state index >= 15 is 0 Å². The maximum absolute atomic E-state index is 13.3. The number of nitrogens with zero attached hydrogens (tertiary/aromatic N) is 1. The van der Waals surface area contributed by atoms with Crippen LogP contribution in [0.1, 0.15) is 49.8 Å². The SMILES string of the molecule is COc1ccc(COC2CN(OC(=O)OC(C)(C)C)CCC2c2cccc(C(F)(F)F)c2)cc1. The van der Waals surface area contributed by atoms with E-state index in [0.29, 0.717) is 24.3 Å². The summed E-state index contributed by atoms with van der Waals surface area (Å²) < 4.78 is 56.4. The summed E-state index contributed by atoms with van der Waals surface area (Å²) in [4.78, 5) is 17.5. The minimum atomic E-state index is -4.43. The zero-order valence-electron chi connectivity index (χ0n) is 19.7. The van der Waals surface area contributed by atoms with Gasteiger partial charge in [-0.05, 0) is 56.5 Å². The standard InChI is InChI=1S/C25H30F3NO5/c1-24(2,3)33-23(30)34-29-13-12-21(18-6-5-7-19(14-18)25(26,27)28)22(15-29)32-16-17-8-10-20(31-4)11-9-17/h5-11,14,21-22H,12-13,15-16H2,1-4H3. The highest BCUT2D eigenvalue weighted by Crippen LogP contribution is 2.36. The third-order valence-corrected chi connectivity index (χ3v) is 5.38. The highest BCUT2D eigenvalue weighted by atomic mass is 19.4. The number of benzene rings is 2. The van der Waals surface area contributed by atoms with Crippen LogP contribution in [0.2, 0.25) is 0 Å². The minimum absolute atomic E-state index is 0.191. The molecular formula is C25H30F3NO5. The predicted octanol–water partition coefficient (Wildman–Crippen LogP) is 5.96. The largest absolute Gasteiger partial charge is 0.528 e. The number of carbonyl (C=O) groups is 1. The van der Waals surface area contributed by atoms with Crippen LogP contribution in [0.4, 0.5) is 18.0 Å². The lowest BCUT2D eigenvalue weighted by Gasteiger charge is -2.37. The van der Waals surface area contributed by atoms with Gasteiger partial charge in [0.05, 0.1) is 31.9 Å². The first kappa shape index (κ1) is 25.8. The summed E-state index contributed by atoms with van der Waals surface area (Å²) >= 11 is 0. The molecule has 1 aliphatic rings. The molecule has 2 atom stereocenters. The first-order valence-corrected chi connectivity index (χ1v) is 11.0.